The molecule has 0 spiro atoms. The molecule has 1 aliphatic rings. The summed E-state index contributed by atoms with van der Waals surface area (Å²) in [5, 5.41) is 9.69. The quantitative estimate of drug-likeness (QED) is 0.479. The van der Waals surface area contributed by atoms with E-state index in [1.54, 1.807) is 20.3 Å². The van der Waals surface area contributed by atoms with Crippen molar-refractivity contribution in [2.45, 2.75) is 6.61 Å². The van der Waals surface area contributed by atoms with E-state index in [4.69, 9.17) is 14.5 Å². The molecule has 2 aromatic heterocycles. The van der Waals surface area contributed by atoms with E-state index >= 15 is 0 Å². The van der Waals surface area contributed by atoms with Gasteiger partial charge in [-0.3, -0.25) is 4.79 Å². The largest absolute Gasteiger partial charge is 0.496 e. The van der Waals surface area contributed by atoms with Crippen molar-refractivity contribution in [3.05, 3.63) is 59.9 Å². The molecule has 2 aromatic carbocycles. The Morgan fingerprint density at radius 1 is 0.969 bits per heavy atom. The number of benzene rings is 2. The Morgan fingerprint density at radius 3 is 2.50 bits per heavy atom. The van der Waals surface area contributed by atoms with Gasteiger partial charge in [-0.25, -0.2) is 9.38 Å². The van der Waals surface area contributed by atoms with Crippen molar-refractivity contribution < 1.29 is 14.3 Å². The monoisotopic (exact) mass is 432 g/mol. The van der Waals surface area contributed by atoms with Crippen LogP contribution in [0.25, 0.3) is 16.6 Å². The molecule has 164 valence electrons. The lowest BCUT2D eigenvalue weighted by molar-refractivity contribution is 0.0742. The first-order valence-electron chi connectivity index (χ1n) is 10.5. The molecular formula is C23H24N6O3. The minimum Gasteiger partial charge on any atom is -0.496 e. The van der Waals surface area contributed by atoms with Crippen molar-refractivity contribution in [3.63, 3.8) is 0 Å². The van der Waals surface area contributed by atoms with Crippen molar-refractivity contribution in [2.75, 3.05) is 45.3 Å². The summed E-state index contributed by atoms with van der Waals surface area (Å²) in [4.78, 5) is 22.0. The number of rotatable bonds is 5. The number of ether oxygens (including phenoxy) is 2. The summed E-state index contributed by atoms with van der Waals surface area (Å²) in [5.74, 6) is 2.03. The summed E-state index contributed by atoms with van der Waals surface area (Å²) in [6.07, 6.45) is 0. The maximum absolute atomic E-state index is 13.1. The predicted octanol–water partition coefficient (Wildman–Crippen LogP) is 2.39. The van der Waals surface area contributed by atoms with E-state index in [0.29, 0.717) is 49.9 Å². The van der Waals surface area contributed by atoms with E-state index in [2.05, 4.69) is 15.1 Å². The van der Waals surface area contributed by atoms with Gasteiger partial charge in [-0.2, -0.15) is 0 Å². The smallest absolute Gasteiger partial charge is 0.257 e. The van der Waals surface area contributed by atoms with Gasteiger partial charge in [-0.05, 0) is 24.3 Å². The molecule has 0 aliphatic carbocycles. The molecule has 1 saturated heterocycles. The van der Waals surface area contributed by atoms with E-state index < -0.39 is 0 Å². The van der Waals surface area contributed by atoms with Crippen LogP contribution in [0.15, 0.2) is 48.5 Å². The van der Waals surface area contributed by atoms with Crippen molar-refractivity contribution in [2.24, 2.45) is 0 Å². The number of nitrogens with zero attached hydrogens (tertiary/aromatic N) is 6. The highest BCUT2D eigenvalue weighted by molar-refractivity contribution is 5.97. The van der Waals surface area contributed by atoms with Crippen LogP contribution in [-0.2, 0) is 11.3 Å². The molecule has 3 heterocycles. The molecule has 0 bridgehead atoms. The summed E-state index contributed by atoms with van der Waals surface area (Å²) in [6, 6.07) is 15.2. The number of aromatic nitrogens is 4. The summed E-state index contributed by atoms with van der Waals surface area (Å²) in [5.41, 5.74) is 2.19. The molecule has 1 fully saturated rings. The number of para-hydroxylation sites is 2. The highest BCUT2D eigenvalue weighted by Crippen LogP contribution is 2.26. The van der Waals surface area contributed by atoms with Gasteiger partial charge in [0.1, 0.15) is 12.4 Å². The molecule has 0 unspecified atom stereocenters. The van der Waals surface area contributed by atoms with Gasteiger partial charge in [0.05, 0.1) is 18.2 Å². The number of anilines is 1. The zero-order valence-corrected chi connectivity index (χ0v) is 18.1. The van der Waals surface area contributed by atoms with Gasteiger partial charge in [-0.1, -0.05) is 24.3 Å². The van der Waals surface area contributed by atoms with E-state index in [0.717, 1.165) is 22.5 Å². The Balaban J connectivity index is 1.45. The maximum Gasteiger partial charge on any atom is 0.257 e. The summed E-state index contributed by atoms with van der Waals surface area (Å²) >= 11 is 0. The van der Waals surface area contributed by atoms with Crippen LogP contribution in [0.3, 0.4) is 0 Å². The van der Waals surface area contributed by atoms with Gasteiger partial charge in [0.15, 0.2) is 11.5 Å². The fourth-order valence-corrected chi connectivity index (χ4v) is 4.16. The summed E-state index contributed by atoms with van der Waals surface area (Å²) < 4.78 is 12.7. The Morgan fingerprint density at radius 2 is 1.72 bits per heavy atom. The number of methoxy groups -OCH3 is 2. The van der Waals surface area contributed by atoms with Crippen LogP contribution in [0, 0.1) is 0 Å². The van der Waals surface area contributed by atoms with Crippen LogP contribution >= 0.6 is 0 Å². The normalized spacial score (nSPS) is 14.3. The van der Waals surface area contributed by atoms with Crippen molar-refractivity contribution in [3.8, 4) is 5.75 Å². The molecule has 9 nitrogen and oxygen atoms in total. The average Bonchev–Trinajstić information content (AvgIpc) is 3.27. The third kappa shape index (κ3) is 3.40. The highest BCUT2D eigenvalue weighted by Gasteiger charge is 2.27. The van der Waals surface area contributed by atoms with Gasteiger partial charge in [0.25, 0.3) is 5.91 Å². The molecule has 0 N–H and O–H groups in total. The number of carbonyl (C=O) groups is 1. The van der Waals surface area contributed by atoms with Crippen molar-refractivity contribution in [1.82, 2.24) is 24.5 Å². The number of piperazine rings is 1. The van der Waals surface area contributed by atoms with Gasteiger partial charge in [-0.15, -0.1) is 10.2 Å². The fraction of sp³-hybridized carbons (Fsp3) is 0.304. The first kappa shape index (κ1) is 20.2. The lowest BCUT2D eigenvalue weighted by Crippen LogP contribution is -2.49. The number of carbonyl (C=O) groups excluding carboxylic acids is 1. The van der Waals surface area contributed by atoms with Crippen LogP contribution in [0.1, 0.15) is 16.2 Å². The van der Waals surface area contributed by atoms with E-state index in [9.17, 15) is 4.79 Å². The Hall–Kier alpha value is -3.72. The second-order valence-electron chi connectivity index (χ2n) is 7.62. The van der Waals surface area contributed by atoms with Crippen molar-refractivity contribution >= 4 is 28.4 Å². The van der Waals surface area contributed by atoms with Gasteiger partial charge >= 0.3 is 0 Å². The first-order valence-corrected chi connectivity index (χ1v) is 10.5. The molecule has 1 aliphatic heterocycles. The Bertz CT molecular complexity index is 1280. The number of amides is 1. The van der Waals surface area contributed by atoms with Crippen LogP contribution in [-0.4, -0.2) is 70.8 Å². The highest BCUT2D eigenvalue weighted by atomic mass is 16.5. The number of fused-ring (bicyclic) bond motifs is 3. The molecule has 0 radical (unpaired) electrons. The second-order valence-corrected chi connectivity index (χ2v) is 7.62. The van der Waals surface area contributed by atoms with Gasteiger partial charge < -0.3 is 19.3 Å². The SMILES string of the molecule is COCc1nnc2c3ccccc3nc(N3CCN(C(=O)c4ccccc4OC)CC3)n12. The zero-order chi connectivity index (χ0) is 22.1. The Kier molecular flexibility index (Phi) is 5.32. The van der Waals surface area contributed by atoms with Gasteiger partial charge in [0.2, 0.25) is 5.95 Å². The lowest BCUT2D eigenvalue weighted by atomic mass is 10.1. The van der Waals surface area contributed by atoms with Crippen LogP contribution in [0.5, 0.6) is 5.75 Å². The van der Waals surface area contributed by atoms with E-state index in [1.165, 1.54) is 0 Å². The molecule has 0 atom stereocenters. The summed E-state index contributed by atoms with van der Waals surface area (Å²) in [7, 11) is 3.22. The maximum atomic E-state index is 13.1. The minimum atomic E-state index is -0.0249. The molecule has 32 heavy (non-hydrogen) atoms. The molecule has 9 heteroatoms. The van der Waals surface area contributed by atoms with E-state index in [1.807, 2.05) is 51.8 Å². The average molecular weight is 432 g/mol. The number of hydrogen-bond donors (Lipinski definition) is 0. The fourth-order valence-electron chi connectivity index (χ4n) is 4.16. The third-order valence-electron chi connectivity index (χ3n) is 5.76. The minimum absolute atomic E-state index is 0.0249. The van der Waals surface area contributed by atoms with Gasteiger partial charge in [0, 0.05) is 38.7 Å². The predicted molar refractivity (Wildman–Crippen MR) is 120 cm³/mol. The standard InChI is InChI=1S/C23H24N6O3/c1-31-15-20-25-26-21-16-7-3-5-9-18(16)24-23(29(20)21)28-13-11-27(12-14-28)22(30)17-8-4-6-10-19(17)32-2/h3-10H,11-15H2,1-2H3. The van der Waals surface area contributed by atoms with Crippen LogP contribution < -0.4 is 9.64 Å². The van der Waals surface area contributed by atoms with Crippen molar-refractivity contribution in [1.29, 1.82) is 0 Å². The van der Waals surface area contributed by atoms with Crippen LogP contribution in [0.2, 0.25) is 0 Å². The molecule has 0 saturated carbocycles. The molecular weight excluding hydrogens is 408 g/mol. The lowest BCUT2D eigenvalue weighted by Gasteiger charge is -2.35. The third-order valence-corrected chi connectivity index (χ3v) is 5.76. The van der Waals surface area contributed by atoms with E-state index in [-0.39, 0.29) is 5.91 Å². The zero-order valence-electron chi connectivity index (χ0n) is 18.1. The van der Waals surface area contributed by atoms with Crippen LogP contribution in [0.4, 0.5) is 5.95 Å². The first-order chi connectivity index (χ1) is 15.7. The Labute approximate surface area is 185 Å². The topological polar surface area (TPSA) is 85.1 Å². The number of hydrogen-bond acceptors (Lipinski definition) is 7. The molecule has 4 aromatic rings. The summed E-state index contributed by atoms with van der Waals surface area (Å²) in [6.45, 7) is 2.78. The second kappa shape index (κ2) is 8.43. The molecule has 1 amide bonds. The molecule has 5 rings (SSSR count).